The van der Waals surface area contributed by atoms with Gasteiger partial charge in [0.05, 0.1) is 25.9 Å². The van der Waals surface area contributed by atoms with Crippen molar-refractivity contribution in [3.05, 3.63) is 47.5 Å². The maximum Gasteiger partial charge on any atom is 0.305 e. The van der Waals surface area contributed by atoms with Crippen molar-refractivity contribution in [3.63, 3.8) is 0 Å². The molecule has 0 aromatic heterocycles. The van der Waals surface area contributed by atoms with E-state index in [0.717, 1.165) is 11.1 Å². The van der Waals surface area contributed by atoms with Crippen molar-refractivity contribution in [2.75, 3.05) is 27.4 Å². The molecule has 7 heteroatoms. The number of aliphatic hydroxyl groups is 2. The third kappa shape index (κ3) is 8.53. The summed E-state index contributed by atoms with van der Waals surface area (Å²) in [5, 5.41) is 20.7. The molecule has 0 aliphatic heterocycles. The number of ether oxygens (including phenoxy) is 3. The first-order valence-electron chi connectivity index (χ1n) is 10.7. The van der Waals surface area contributed by atoms with Crippen LogP contribution in [-0.4, -0.2) is 61.6 Å². The van der Waals surface area contributed by atoms with Crippen LogP contribution in [0, 0.1) is 11.8 Å². The lowest BCUT2D eigenvalue weighted by atomic mass is 9.90. The summed E-state index contributed by atoms with van der Waals surface area (Å²) in [5.41, 5.74) is 2.03. The molecule has 0 bridgehead atoms. The number of hydrogen-bond acceptors (Lipinski definition) is 7. The van der Waals surface area contributed by atoms with Crippen LogP contribution in [0.15, 0.2) is 36.4 Å². The van der Waals surface area contributed by atoms with Gasteiger partial charge in [0.15, 0.2) is 0 Å². The first-order chi connectivity index (χ1) is 14.9. The molecule has 0 radical (unpaired) electrons. The second kappa shape index (κ2) is 13.4. The van der Waals surface area contributed by atoms with E-state index in [1.165, 1.54) is 7.11 Å². The number of rotatable bonds is 13. The number of benzene rings is 1. The fraction of sp³-hybridized carbons (Fsp3) is 0.583. The molecule has 7 nitrogen and oxygen atoms in total. The van der Waals surface area contributed by atoms with E-state index in [0.29, 0.717) is 45.5 Å². The average Bonchev–Trinajstić information content (AvgIpc) is 3.01. The number of ketones is 1. The lowest BCUT2D eigenvalue weighted by molar-refractivity contribution is -0.141. The van der Waals surface area contributed by atoms with Crippen LogP contribution in [0.1, 0.15) is 36.8 Å². The van der Waals surface area contributed by atoms with Crippen LogP contribution in [0.4, 0.5) is 0 Å². The van der Waals surface area contributed by atoms with E-state index in [-0.39, 0.29) is 30.0 Å². The molecule has 0 heterocycles. The Bertz CT molecular complexity index is 730. The first-order valence-corrected chi connectivity index (χ1v) is 10.7. The molecule has 31 heavy (non-hydrogen) atoms. The summed E-state index contributed by atoms with van der Waals surface area (Å²) >= 11 is 0. The predicted octanol–water partition coefficient (Wildman–Crippen LogP) is 2.22. The molecule has 0 spiro atoms. The second-order valence-electron chi connectivity index (χ2n) is 7.91. The van der Waals surface area contributed by atoms with E-state index < -0.39 is 12.2 Å². The Labute approximate surface area is 184 Å². The number of hydrogen-bond donors (Lipinski definition) is 2. The highest BCUT2D eigenvalue weighted by atomic mass is 16.5. The van der Waals surface area contributed by atoms with Gasteiger partial charge in [-0.1, -0.05) is 36.4 Å². The van der Waals surface area contributed by atoms with Crippen molar-refractivity contribution < 1.29 is 34.0 Å². The smallest absolute Gasteiger partial charge is 0.305 e. The van der Waals surface area contributed by atoms with Gasteiger partial charge in [-0.3, -0.25) is 9.59 Å². The van der Waals surface area contributed by atoms with E-state index in [1.54, 1.807) is 19.3 Å². The number of aliphatic hydroxyl groups excluding tert-OH is 2. The number of carbonyl (C=O) groups excluding carboxylic acids is 2. The van der Waals surface area contributed by atoms with Gasteiger partial charge >= 0.3 is 5.97 Å². The Morgan fingerprint density at radius 2 is 2.03 bits per heavy atom. The van der Waals surface area contributed by atoms with Gasteiger partial charge in [-0.05, 0) is 24.0 Å². The SMILES string of the molecule is COCc1cccc(C[C@H](O)/C=C/[C@H]2[C@H](O)CC(=O)[C@@H]2CCOCCCC(=O)OC)c1. The summed E-state index contributed by atoms with van der Waals surface area (Å²) in [5.74, 6) is -0.918. The highest BCUT2D eigenvalue weighted by Crippen LogP contribution is 2.33. The van der Waals surface area contributed by atoms with E-state index in [9.17, 15) is 19.8 Å². The fourth-order valence-corrected chi connectivity index (χ4v) is 3.90. The Morgan fingerprint density at radius 3 is 2.77 bits per heavy atom. The van der Waals surface area contributed by atoms with Crippen molar-refractivity contribution in [1.82, 2.24) is 0 Å². The van der Waals surface area contributed by atoms with Crippen LogP contribution in [-0.2, 0) is 36.8 Å². The zero-order chi connectivity index (χ0) is 22.6. The molecule has 2 rings (SSSR count). The molecular weight excluding hydrogens is 400 g/mol. The highest BCUT2D eigenvalue weighted by molar-refractivity contribution is 5.84. The van der Waals surface area contributed by atoms with Crippen molar-refractivity contribution in [2.45, 2.75) is 50.9 Å². The van der Waals surface area contributed by atoms with Crippen molar-refractivity contribution in [3.8, 4) is 0 Å². The lowest BCUT2D eigenvalue weighted by Gasteiger charge is -2.18. The molecule has 0 unspecified atom stereocenters. The van der Waals surface area contributed by atoms with Gasteiger partial charge in [-0.2, -0.15) is 0 Å². The molecule has 4 atom stereocenters. The van der Waals surface area contributed by atoms with Crippen LogP contribution in [0.2, 0.25) is 0 Å². The molecule has 1 aliphatic carbocycles. The summed E-state index contributed by atoms with van der Waals surface area (Å²) in [6.07, 6.45) is 3.90. The van der Waals surface area contributed by atoms with Crippen LogP contribution < -0.4 is 0 Å². The van der Waals surface area contributed by atoms with Crippen molar-refractivity contribution >= 4 is 11.8 Å². The third-order valence-corrected chi connectivity index (χ3v) is 5.51. The molecule has 1 aliphatic rings. The molecule has 172 valence electrons. The number of esters is 1. The normalized spacial score (nSPS) is 22.2. The van der Waals surface area contributed by atoms with Crippen molar-refractivity contribution in [1.29, 1.82) is 0 Å². The minimum atomic E-state index is -0.745. The molecule has 2 N–H and O–H groups in total. The topological polar surface area (TPSA) is 102 Å². The standard InChI is InChI=1S/C24H34O7/c1-29-16-18-6-3-5-17(13-18)14-19(25)8-9-20-21(23(27)15-22(20)26)10-12-31-11-4-7-24(28)30-2/h3,5-6,8-9,13,19-22,25-26H,4,7,10-12,14-16H2,1-2H3/b9-8+/t19-,20-,21-,22-/m1/s1. The van der Waals surface area contributed by atoms with Crippen molar-refractivity contribution in [2.24, 2.45) is 11.8 Å². The highest BCUT2D eigenvalue weighted by Gasteiger charge is 2.39. The molecule has 0 saturated heterocycles. The Hall–Kier alpha value is -2.06. The van der Waals surface area contributed by atoms with Crippen LogP contribution in [0.25, 0.3) is 0 Å². The van der Waals surface area contributed by atoms with Gasteiger partial charge in [-0.25, -0.2) is 0 Å². The third-order valence-electron chi connectivity index (χ3n) is 5.51. The minimum absolute atomic E-state index is 0.0158. The van der Waals surface area contributed by atoms with Gasteiger partial charge < -0.3 is 24.4 Å². The van der Waals surface area contributed by atoms with Gasteiger partial charge in [-0.15, -0.1) is 0 Å². The lowest BCUT2D eigenvalue weighted by Crippen LogP contribution is -2.21. The van der Waals surface area contributed by atoms with Gasteiger partial charge in [0.1, 0.15) is 5.78 Å². The van der Waals surface area contributed by atoms with E-state index >= 15 is 0 Å². The fourth-order valence-electron chi connectivity index (χ4n) is 3.90. The van der Waals surface area contributed by atoms with Crippen LogP contribution >= 0.6 is 0 Å². The number of Topliss-reactive ketones (excluding diaryl/α,β-unsaturated/α-hetero) is 1. The van der Waals surface area contributed by atoms with Gasteiger partial charge in [0.2, 0.25) is 0 Å². The molecule has 0 amide bonds. The van der Waals surface area contributed by atoms with Gasteiger partial charge in [0.25, 0.3) is 0 Å². The first kappa shape index (κ1) is 25.2. The van der Waals surface area contributed by atoms with E-state index in [4.69, 9.17) is 9.47 Å². The average molecular weight is 435 g/mol. The molecule has 1 aromatic rings. The Balaban J connectivity index is 1.83. The molecule has 1 saturated carbocycles. The Morgan fingerprint density at radius 1 is 1.26 bits per heavy atom. The van der Waals surface area contributed by atoms with Gasteiger partial charge in [0, 0.05) is 51.4 Å². The van der Waals surface area contributed by atoms with Crippen LogP contribution in [0.5, 0.6) is 0 Å². The quantitative estimate of drug-likeness (QED) is 0.279. The zero-order valence-corrected chi connectivity index (χ0v) is 18.4. The maximum absolute atomic E-state index is 12.3. The Kier molecular flexibility index (Phi) is 10.9. The minimum Gasteiger partial charge on any atom is -0.469 e. The zero-order valence-electron chi connectivity index (χ0n) is 18.4. The second-order valence-corrected chi connectivity index (χ2v) is 7.91. The molecular formula is C24H34O7. The maximum atomic E-state index is 12.3. The number of methoxy groups -OCH3 is 2. The molecule has 1 aromatic carbocycles. The summed E-state index contributed by atoms with van der Waals surface area (Å²) in [7, 11) is 2.99. The predicted molar refractivity (Wildman–Crippen MR) is 115 cm³/mol. The van der Waals surface area contributed by atoms with E-state index in [1.807, 2.05) is 24.3 Å². The van der Waals surface area contributed by atoms with E-state index in [2.05, 4.69) is 4.74 Å². The van der Waals surface area contributed by atoms with Crippen LogP contribution in [0.3, 0.4) is 0 Å². The monoisotopic (exact) mass is 434 g/mol. The number of carbonyl (C=O) groups is 2. The summed E-state index contributed by atoms with van der Waals surface area (Å²) in [6.45, 7) is 1.31. The summed E-state index contributed by atoms with van der Waals surface area (Å²) < 4.78 is 15.2. The molecule has 1 fully saturated rings. The summed E-state index contributed by atoms with van der Waals surface area (Å²) in [4.78, 5) is 23.4. The summed E-state index contributed by atoms with van der Waals surface area (Å²) in [6, 6.07) is 7.85. The largest absolute Gasteiger partial charge is 0.469 e.